The Labute approximate surface area is 140 Å². The summed E-state index contributed by atoms with van der Waals surface area (Å²) in [7, 11) is 1.57. The lowest BCUT2D eigenvalue weighted by Crippen LogP contribution is -2.38. The molecule has 1 aromatic heterocycles. The van der Waals surface area contributed by atoms with Crippen molar-refractivity contribution in [2.45, 2.75) is 6.54 Å². The predicted molar refractivity (Wildman–Crippen MR) is 86.9 cm³/mol. The third-order valence-corrected chi connectivity index (χ3v) is 4.11. The topological polar surface area (TPSA) is 84.0 Å². The van der Waals surface area contributed by atoms with Crippen LogP contribution in [-0.2, 0) is 20.8 Å². The number of aromatic nitrogens is 1. The molecule has 0 saturated carbocycles. The lowest BCUT2D eigenvalue weighted by atomic mass is 10.2. The third-order valence-electron chi connectivity index (χ3n) is 4.11. The van der Waals surface area contributed by atoms with E-state index in [-0.39, 0.29) is 18.4 Å². The summed E-state index contributed by atoms with van der Waals surface area (Å²) in [6.07, 6.45) is 0. The van der Waals surface area contributed by atoms with E-state index in [1.165, 1.54) is 4.90 Å². The zero-order valence-electron chi connectivity index (χ0n) is 13.8. The SMILES string of the molecule is COCCNC(=O)CN1Cc2ccc(N3CCOCC3)nc2C1=O. The number of amides is 2. The molecule has 8 heteroatoms. The summed E-state index contributed by atoms with van der Waals surface area (Å²) in [6, 6.07) is 3.85. The fourth-order valence-corrected chi connectivity index (χ4v) is 2.84. The molecule has 0 radical (unpaired) electrons. The average molecular weight is 334 g/mol. The number of hydrogen-bond acceptors (Lipinski definition) is 6. The van der Waals surface area contributed by atoms with Gasteiger partial charge < -0.3 is 24.6 Å². The van der Waals surface area contributed by atoms with Crippen molar-refractivity contribution in [2.24, 2.45) is 0 Å². The number of pyridine rings is 1. The molecule has 0 bridgehead atoms. The molecular weight excluding hydrogens is 312 g/mol. The molecule has 0 spiro atoms. The molecule has 3 heterocycles. The van der Waals surface area contributed by atoms with Gasteiger partial charge in [-0.25, -0.2) is 4.98 Å². The molecule has 0 atom stereocenters. The minimum Gasteiger partial charge on any atom is -0.383 e. The van der Waals surface area contributed by atoms with Crippen molar-refractivity contribution in [3.63, 3.8) is 0 Å². The van der Waals surface area contributed by atoms with Crippen LogP contribution in [0.25, 0.3) is 0 Å². The van der Waals surface area contributed by atoms with Crippen LogP contribution in [0, 0.1) is 0 Å². The van der Waals surface area contributed by atoms with Crippen LogP contribution in [-0.4, -0.2) is 74.8 Å². The quantitative estimate of drug-likeness (QED) is 0.715. The van der Waals surface area contributed by atoms with Gasteiger partial charge in [-0.2, -0.15) is 0 Å². The number of nitrogens with zero attached hydrogens (tertiary/aromatic N) is 3. The zero-order valence-corrected chi connectivity index (χ0v) is 13.8. The van der Waals surface area contributed by atoms with Gasteiger partial charge in [0.25, 0.3) is 5.91 Å². The van der Waals surface area contributed by atoms with Crippen molar-refractivity contribution < 1.29 is 19.1 Å². The summed E-state index contributed by atoms with van der Waals surface area (Å²) in [6.45, 7) is 4.21. The fourth-order valence-electron chi connectivity index (χ4n) is 2.84. The number of methoxy groups -OCH3 is 1. The second-order valence-electron chi connectivity index (χ2n) is 5.78. The molecule has 3 rings (SSSR count). The Bertz CT molecular complexity index is 616. The van der Waals surface area contributed by atoms with Crippen LogP contribution < -0.4 is 10.2 Å². The molecular formula is C16H22N4O4. The number of anilines is 1. The van der Waals surface area contributed by atoms with Crippen LogP contribution in [0.2, 0.25) is 0 Å². The van der Waals surface area contributed by atoms with E-state index in [9.17, 15) is 9.59 Å². The van der Waals surface area contributed by atoms with Crippen molar-refractivity contribution in [3.8, 4) is 0 Å². The van der Waals surface area contributed by atoms with Crippen LogP contribution in [0.4, 0.5) is 5.82 Å². The van der Waals surface area contributed by atoms with Gasteiger partial charge in [0.1, 0.15) is 18.1 Å². The van der Waals surface area contributed by atoms with E-state index < -0.39 is 0 Å². The van der Waals surface area contributed by atoms with Crippen LogP contribution in [0.5, 0.6) is 0 Å². The Kier molecular flexibility index (Phi) is 5.27. The maximum Gasteiger partial charge on any atom is 0.273 e. The van der Waals surface area contributed by atoms with Crippen molar-refractivity contribution in [2.75, 3.05) is 58.0 Å². The number of rotatable bonds is 6. The van der Waals surface area contributed by atoms with Crippen LogP contribution in [0.3, 0.4) is 0 Å². The largest absolute Gasteiger partial charge is 0.383 e. The second-order valence-corrected chi connectivity index (χ2v) is 5.78. The molecule has 1 N–H and O–H groups in total. The molecule has 0 aromatic carbocycles. The van der Waals surface area contributed by atoms with Crippen molar-refractivity contribution in [1.82, 2.24) is 15.2 Å². The number of carbonyl (C=O) groups excluding carboxylic acids is 2. The molecule has 2 aliphatic heterocycles. The lowest BCUT2D eigenvalue weighted by molar-refractivity contribution is -0.122. The van der Waals surface area contributed by atoms with Gasteiger partial charge in [-0.1, -0.05) is 6.07 Å². The Morgan fingerprint density at radius 1 is 1.38 bits per heavy atom. The normalized spacial score (nSPS) is 17.1. The first-order valence-corrected chi connectivity index (χ1v) is 8.06. The highest BCUT2D eigenvalue weighted by Gasteiger charge is 2.31. The van der Waals surface area contributed by atoms with Crippen LogP contribution in [0.1, 0.15) is 16.1 Å². The standard InChI is InChI=1S/C16H22N4O4/c1-23-7-4-17-14(21)11-20-10-12-2-3-13(18-15(12)16(20)22)19-5-8-24-9-6-19/h2-3H,4-11H2,1H3,(H,17,21). The average Bonchev–Trinajstić information content (AvgIpc) is 2.91. The molecule has 0 aliphatic carbocycles. The molecule has 2 aliphatic rings. The minimum absolute atomic E-state index is 0.0335. The van der Waals surface area contributed by atoms with Gasteiger partial charge in [-0.3, -0.25) is 9.59 Å². The van der Waals surface area contributed by atoms with Gasteiger partial charge in [-0.05, 0) is 6.07 Å². The van der Waals surface area contributed by atoms with Crippen LogP contribution in [0.15, 0.2) is 12.1 Å². The summed E-state index contributed by atoms with van der Waals surface area (Å²) in [5.74, 6) is 0.403. The van der Waals surface area contributed by atoms with E-state index >= 15 is 0 Å². The highest BCUT2D eigenvalue weighted by Crippen LogP contribution is 2.24. The summed E-state index contributed by atoms with van der Waals surface area (Å²) < 4.78 is 10.2. The van der Waals surface area contributed by atoms with E-state index in [1.807, 2.05) is 12.1 Å². The number of hydrogen-bond donors (Lipinski definition) is 1. The second kappa shape index (κ2) is 7.59. The molecule has 0 unspecified atom stereocenters. The fraction of sp³-hybridized carbons (Fsp3) is 0.562. The Hall–Kier alpha value is -2.19. The van der Waals surface area contributed by atoms with E-state index in [2.05, 4.69) is 15.2 Å². The molecule has 24 heavy (non-hydrogen) atoms. The van der Waals surface area contributed by atoms with Gasteiger partial charge in [0.15, 0.2) is 0 Å². The summed E-state index contributed by atoms with van der Waals surface area (Å²) in [4.78, 5) is 32.5. The Morgan fingerprint density at radius 3 is 2.92 bits per heavy atom. The van der Waals surface area contributed by atoms with Gasteiger partial charge in [0.05, 0.1) is 19.8 Å². The van der Waals surface area contributed by atoms with Crippen LogP contribution >= 0.6 is 0 Å². The minimum atomic E-state index is -0.193. The summed E-state index contributed by atoms with van der Waals surface area (Å²) >= 11 is 0. The monoisotopic (exact) mass is 334 g/mol. The highest BCUT2D eigenvalue weighted by atomic mass is 16.5. The van der Waals surface area contributed by atoms with E-state index in [4.69, 9.17) is 9.47 Å². The number of morpholine rings is 1. The van der Waals surface area contributed by atoms with E-state index in [0.717, 1.165) is 24.5 Å². The first-order valence-electron chi connectivity index (χ1n) is 8.06. The number of ether oxygens (including phenoxy) is 2. The van der Waals surface area contributed by atoms with Crippen molar-refractivity contribution in [3.05, 3.63) is 23.4 Å². The molecule has 1 fully saturated rings. The van der Waals surface area contributed by atoms with Gasteiger partial charge >= 0.3 is 0 Å². The number of nitrogens with one attached hydrogen (secondary N) is 1. The summed E-state index contributed by atoms with van der Waals surface area (Å²) in [5.41, 5.74) is 1.31. The molecule has 2 amide bonds. The van der Waals surface area contributed by atoms with Gasteiger partial charge in [-0.15, -0.1) is 0 Å². The molecule has 1 aromatic rings. The predicted octanol–water partition coefficient (Wildman–Crippen LogP) is -0.363. The maximum atomic E-state index is 12.5. The summed E-state index contributed by atoms with van der Waals surface area (Å²) in [5, 5.41) is 2.72. The Morgan fingerprint density at radius 2 is 2.17 bits per heavy atom. The van der Waals surface area contributed by atoms with Gasteiger partial charge in [0, 0.05) is 38.9 Å². The molecule has 130 valence electrons. The molecule has 8 nitrogen and oxygen atoms in total. The van der Waals surface area contributed by atoms with Gasteiger partial charge in [0.2, 0.25) is 5.91 Å². The maximum absolute atomic E-state index is 12.5. The smallest absolute Gasteiger partial charge is 0.273 e. The first kappa shape index (κ1) is 16.7. The van der Waals surface area contributed by atoms with E-state index in [1.54, 1.807) is 7.11 Å². The first-order chi connectivity index (χ1) is 11.7. The number of fused-ring (bicyclic) bond motifs is 1. The van der Waals surface area contributed by atoms with Crippen molar-refractivity contribution in [1.29, 1.82) is 0 Å². The van der Waals surface area contributed by atoms with Crippen molar-refractivity contribution >= 4 is 17.6 Å². The molecule has 1 saturated heterocycles. The lowest BCUT2D eigenvalue weighted by Gasteiger charge is -2.27. The number of carbonyl (C=O) groups is 2. The Balaban J connectivity index is 1.63. The zero-order chi connectivity index (χ0) is 16.9. The van der Waals surface area contributed by atoms with E-state index in [0.29, 0.717) is 38.6 Å². The highest BCUT2D eigenvalue weighted by molar-refractivity contribution is 5.98. The third kappa shape index (κ3) is 3.65.